The number of aliphatic imine (C=N–C) groups is 1. The Labute approximate surface area is 163 Å². The molecule has 28 heavy (non-hydrogen) atoms. The van der Waals surface area contributed by atoms with E-state index in [4.69, 9.17) is 0 Å². The summed E-state index contributed by atoms with van der Waals surface area (Å²) in [6.45, 7) is 6.07. The van der Waals surface area contributed by atoms with Gasteiger partial charge in [-0.15, -0.1) is 9.78 Å². The van der Waals surface area contributed by atoms with Crippen LogP contribution in [0.3, 0.4) is 0 Å². The average molecular weight is 379 g/mol. The van der Waals surface area contributed by atoms with E-state index in [1.807, 2.05) is 51.1 Å². The number of likely N-dealkylation sites (N-methyl/N-ethyl adjacent to an activating group) is 2. The predicted molar refractivity (Wildman–Crippen MR) is 104 cm³/mol. The number of imide groups is 1. The van der Waals surface area contributed by atoms with E-state index in [9.17, 15) is 9.59 Å². The van der Waals surface area contributed by atoms with Crippen molar-refractivity contribution in [2.45, 2.75) is 33.4 Å². The lowest BCUT2D eigenvalue weighted by Gasteiger charge is -2.33. The van der Waals surface area contributed by atoms with Gasteiger partial charge >= 0.3 is 12.0 Å². The molecule has 144 valence electrons. The van der Waals surface area contributed by atoms with E-state index in [0.29, 0.717) is 11.8 Å². The third-order valence-corrected chi connectivity index (χ3v) is 5.18. The van der Waals surface area contributed by atoms with Crippen LogP contribution in [-0.4, -0.2) is 68.0 Å². The van der Waals surface area contributed by atoms with Gasteiger partial charge in [0.05, 0.1) is 19.3 Å². The molecule has 0 aliphatic carbocycles. The number of aromatic nitrogens is 2. The molecule has 8 heteroatoms. The van der Waals surface area contributed by atoms with Crippen molar-refractivity contribution in [1.29, 1.82) is 0 Å². The number of aryl methyl sites for hydroxylation is 3. The molecule has 2 aliphatic rings. The van der Waals surface area contributed by atoms with Crippen LogP contribution in [0.5, 0.6) is 0 Å². The van der Waals surface area contributed by atoms with Gasteiger partial charge in [-0.2, -0.15) is 0 Å². The standard InChI is InChI=1S/C20H23N6O2/c1-12-6-8-15(9-7-12)11-25-18(27)16-17(24(5)20(25)28)21-19(23(16)4)26-14(3)10-13(2)22-26/h6-10,16H,11H2,1-5H3/q+1. The van der Waals surface area contributed by atoms with Crippen LogP contribution < -0.4 is 0 Å². The van der Waals surface area contributed by atoms with Crippen molar-refractivity contribution in [1.82, 2.24) is 19.6 Å². The van der Waals surface area contributed by atoms with Crippen LogP contribution in [0.1, 0.15) is 22.5 Å². The minimum atomic E-state index is -0.646. The summed E-state index contributed by atoms with van der Waals surface area (Å²) in [5, 5.41) is 4.47. The number of nitrogens with zero attached hydrogens (tertiary/aromatic N) is 6. The SMILES string of the molecule is Cc1ccc(CN2C(=O)C3C(=NC(n4nc(C)cc4C)=[N+]3C)N(C)C2=O)cc1. The van der Waals surface area contributed by atoms with Crippen LogP contribution in [0.15, 0.2) is 35.3 Å². The van der Waals surface area contributed by atoms with E-state index < -0.39 is 6.04 Å². The molecular formula is C20H23N6O2+. The quantitative estimate of drug-likeness (QED) is 0.743. The number of rotatable bonds is 2. The fourth-order valence-electron chi connectivity index (χ4n) is 3.64. The Morgan fingerprint density at radius 1 is 1.11 bits per heavy atom. The van der Waals surface area contributed by atoms with E-state index in [-0.39, 0.29) is 18.5 Å². The molecule has 8 nitrogen and oxygen atoms in total. The molecule has 1 saturated heterocycles. The molecule has 2 aromatic rings. The monoisotopic (exact) mass is 379 g/mol. The van der Waals surface area contributed by atoms with Gasteiger partial charge in [0, 0.05) is 7.05 Å². The average Bonchev–Trinajstić information content (AvgIpc) is 3.17. The fraction of sp³-hybridized carbons (Fsp3) is 0.350. The zero-order chi connectivity index (χ0) is 20.2. The lowest BCUT2D eigenvalue weighted by Crippen LogP contribution is -2.62. The summed E-state index contributed by atoms with van der Waals surface area (Å²) < 4.78 is 3.48. The topological polar surface area (TPSA) is 73.8 Å². The highest BCUT2D eigenvalue weighted by molar-refractivity contribution is 6.22. The first-order valence-corrected chi connectivity index (χ1v) is 9.14. The molecule has 0 bridgehead atoms. The summed E-state index contributed by atoms with van der Waals surface area (Å²) in [5.74, 6) is 0.692. The second-order valence-electron chi connectivity index (χ2n) is 7.37. The molecule has 1 fully saturated rings. The maximum atomic E-state index is 13.2. The third kappa shape index (κ3) is 2.72. The van der Waals surface area contributed by atoms with E-state index >= 15 is 0 Å². The van der Waals surface area contributed by atoms with Crippen molar-refractivity contribution in [2.24, 2.45) is 4.99 Å². The summed E-state index contributed by atoms with van der Waals surface area (Å²) in [4.78, 5) is 33.4. The fourth-order valence-corrected chi connectivity index (χ4v) is 3.64. The van der Waals surface area contributed by atoms with Gasteiger partial charge in [-0.1, -0.05) is 34.8 Å². The first kappa shape index (κ1) is 18.1. The number of hydrogen-bond donors (Lipinski definition) is 0. The Morgan fingerprint density at radius 3 is 2.39 bits per heavy atom. The summed E-state index contributed by atoms with van der Waals surface area (Å²) in [5.41, 5.74) is 3.82. The molecule has 0 saturated carbocycles. The van der Waals surface area contributed by atoms with Gasteiger partial charge in [-0.25, -0.2) is 9.37 Å². The van der Waals surface area contributed by atoms with Gasteiger partial charge in [0.25, 0.3) is 5.91 Å². The minimum Gasteiger partial charge on any atom is -0.270 e. The summed E-state index contributed by atoms with van der Waals surface area (Å²) >= 11 is 0. The highest BCUT2D eigenvalue weighted by atomic mass is 16.2. The Morgan fingerprint density at radius 2 is 1.79 bits per heavy atom. The first-order chi connectivity index (χ1) is 13.3. The molecule has 0 N–H and O–H groups in total. The van der Waals surface area contributed by atoms with Crippen molar-refractivity contribution < 1.29 is 14.2 Å². The van der Waals surface area contributed by atoms with Crippen molar-refractivity contribution >= 4 is 23.7 Å². The van der Waals surface area contributed by atoms with Crippen LogP contribution in [-0.2, 0) is 11.3 Å². The van der Waals surface area contributed by atoms with Crippen LogP contribution >= 0.6 is 0 Å². The Kier molecular flexibility index (Phi) is 4.14. The van der Waals surface area contributed by atoms with Gasteiger partial charge in [-0.05, 0) is 32.4 Å². The number of carbonyl (C=O) groups excluding carboxylic acids is 2. The predicted octanol–water partition coefficient (Wildman–Crippen LogP) is 1.53. The Bertz CT molecular complexity index is 1050. The maximum Gasteiger partial charge on any atom is 0.421 e. The number of benzene rings is 1. The number of amides is 3. The van der Waals surface area contributed by atoms with Gasteiger partial charge in [0.15, 0.2) is 0 Å². The highest BCUT2D eigenvalue weighted by Gasteiger charge is 2.52. The van der Waals surface area contributed by atoms with E-state index in [2.05, 4.69) is 10.1 Å². The number of carbonyl (C=O) groups is 2. The lowest BCUT2D eigenvalue weighted by atomic mass is 10.1. The van der Waals surface area contributed by atoms with Crippen LogP contribution in [0.4, 0.5) is 4.79 Å². The van der Waals surface area contributed by atoms with Crippen molar-refractivity contribution in [3.8, 4) is 0 Å². The lowest BCUT2D eigenvalue weighted by molar-refractivity contribution is -0.507. The molecule has 3 amide bonds. The molecule has 1 aromatic carbocycles. The molecule has 1 aromatic heterocycles. The number of urea groups is 1. The van der Waals surface area contributed by atoms with E-state index in [0.717, 1.165) is 22.5 Å². The molecule has 3 heterocycles. The Balaban J connectivity index is 1.71. The van der Waals surface area contributed by atoms with Crippen LogP contribution in [0.2, 0.25) is 0 Å². The maximum absolute atomic E-state index is 13.2. The molecule has 1 atom stereocenters. The van der Waals surface area contributed by atoms with E-state index in [1.54, 1.807) is 23.4 Å². The van der Waals surface area contributed by atoms with Crippen molar-refractivity contribution in [2.75, 3.05) is 14.1 Å². The van der Waals surface area contributed by atoms with Crippen LogP contribution in [0.25, 0.3) is 0 Å². The summed E-state index contributed by atoms with van der Waals surface area (Å²) in [7, 11) is 3.46. The van der Waals surface area contributed by atoms with Gasteiger partial charge in [-0.3, -0.25) is 14.6 Å². The largest absolute Gasteiger partial charge is 0.421 e. The van der Waals surface area contributed by atoms with Crippen LogP contribution in [0, 0.1) is 20.8 Å². The molecule has 0 radical (unpaired) electrons. The number of amidine groups is 1. The van der Waals surface area contributed by atoms with Gasteiger partial charge in [0.2, 0.25) is 11.9 Å². The summed E-state index contributed by atoms with van der Waals surface area (Å²) in [6, 6.07) is 8.75. The second-order valence-corrected chi connectivity index (χ2v) is 7.37. The minimum absolute atomic E-state index is 0.231. The summed E-state index contributed by atoms with van der Waals surface area (Å²) in [6.07, 6.45) is 0. The second kappa shape index (κ2) is 6.40. The number of hydrogen-bond acceptors (Lipinski definition) is 4. The molecule has 4 rings (SSSR count). The van der Waals surface area contributed by atoms with E-state index in [1.165, 1.54) is 9.80 Å². The van der Waals surface area contributed by atoms with Crippen molar-refractivity contribution in [3.63, 3.8) is 0 Å². The van der Waals surface area contributed by atoms with Gasteiger partial charge < -0.3 is 0 Å². The zero-order valence-corrected chi connectivity index (χ0v) is 16.7. The molecular weight excluding hydrogens is 356 g/mol. The zero-order valence-electron chi connectivity index (χ0n) is 16.7. The first-order valence-electron chi connectivity index (χ1n) is 9.14. The number of fused-ring (bicyclic) bond motifs is 1. The smallest absolute Gasteiger partial charge is 0.270 e. The Hall–Kier alpha value is -3.29. The molecule has 0 spiro atoms. The normalized spacial score (nSPS) is 19.5. The van der Waals surface area contributed by atoms with Gasteiger partial charge in [0.1, 0.15) is 5.69 Å². The third-order valence-electron chi connectivity index (χ3n) is 5.18. The highest BCUT2D eigenvalue weighted by Crippen LogP contribution is 2.22. The molecule has 1 unspecified atom stereocenters. The van der Waals surface area contributed by atoms with Crippen molar-refractivity contribution in [3.05, 3.63) is 52.8 Å². The molecule has 2 aliphatic heterocycles.